The fourth-order valence-electron chi connectivity index (χ4n) is 3.17. The molecule has 0 aromatic heterocycles. The lowest BCUT2D eigenvalue weighted by Crippen LogP contribution is -2.17. The minimum atomic E-state index is -0.283. The highest BCUT2D eigenvalue weighted by Gasteiger charge is 2.09. The number of amides is 1. The van der Waals surface area contributed by atoms with E-state index in [2.05, 4.69) is 42.4 Å². The molecule has 0 atom stereocenters. The first-order valence-electron chi connectivity index (χ1n) is 9.58. The number of fused-ring (bicyclic) bond motifs is 1. The van der Waals surface area contributed by atoms with Gasteiger partial charge in [-0.3, -0.25) is 4.79 Å². The van der Waals surface area contributed by atoms with E-state index in [1.54, 1.807) is 24.4 Å². The maximum atomic E-state index is 12.4. The van der Waals surface area contributed by atoms with Crippen molar-refractivity contribution in [3.63, 3.8) is 0 Å². The Morgan fingerprint density at radius 2 is 1.68 bits per heavy atom. The Hall–Kier alpha value is -2.96. The summed E-state index contributed by atoms with van der Waals surface area (Å²) in [4.78, 5) is 12.4. The van der Waals surface area contributed by atoms with Crippen molar-refractivity contribution in [1.82, 2.24) is 5.43 Å². The minimum Gasteiger partial charge on any atom is -0.488 e. The summed E-state index contributed by atoms with van der Waals surface area (Å²) in [6.07, 6.45) is 1.63. The van der Waals surface area contributed by atoms with E-state index in [1.807, 2.05) is 66.7 Å². The zero-order valence-electron chi connectivity index (χ0n) is 16.4. The molecule has 1 amide bonds. The van der Waals surface area contributed by atoms with Gasteiger partial charge in [0.2, 0.25) is 0 Å². The second kappa shape index (κ2) is 9.90. The quantitative estimate of drug-likeness (QED) is 0.219. The third kappa shape index (κ3) is 5.40. The van der Waals surface area contributed by atoms with Gasteiger partial charge in [-0.05, 0) is 52.7 Å². The molecule has 0 saturated carbocycles. The van der Waals surface area contributed by atoms with Gasteiger partial charge in [0.1, 0.15) is 12.4 Å². The Balaban J connectivity index is 1.59. The predicted molar refractivity (Wildman–Crippen MR) is 132 cm³/mol. The summed E-state index contributed by atoms with van der Waals surface area (Å²) in [6, 6.07) is 27.1. The van der Waals surface area contributed by atoms with Crippen LogP contribution in [0.1, 0.15) is 21.5 Å². The van der Waals surface area contributed by atoms with Gasteiger partial charge < -0.3 is 4.74 Å². The number of rotatable bonds is 6. The number of carbonyl (C=O) groups excluding carboxylic acids is 1. The Kier molecular flexibility index (Phi) is 6.79. The Labute approximate surface area is 197 Å². The van der Waals surface area contributed by atoms with Gasteiger partial charge in [0, 0.05) is 20.1 Å². The molecule has 4 nitrogen and oxygen atoms in total. The highest BCUT2D eigenvalue weighted by Crippen LogP contribution is 2.27. The molecule has 154 valence electrons. The molecule has 0 spiro atoms. The van der Waals surface area contributed by atoms with Crippen molar-refractivity contribution in [3.05, 3.63) is 111 Å². The number of benzene rings is 4. The van der Waals surface area contributed by atoms with E-state index in [0.29, 0.717) is 17.9 Å². The summed E-state index contributed by atoms with van der Waals surface area (Å²) in [6.45, 7) is 0.420. The van der Waals surface area contributed by atoms with Crippen LogP contribution in [0, 0.1) is 0 Å². The number of nitrogens with one attached hydrogen (secondary N) is 1. The van der Waals surface area contributed by atoms with Crippen LogP contribution in [0.2, 0.25) is 0 Å². The third-order valence-corrected chi connectivity index (χ3v) is 5.65. The van der Waals surface area contributed by atoms with Crippen molar-refractivity contribution in [2.75, 3.05) is 0 Å². The van der Waals surface area contributed by atoms with Gasteiger partial charge in [-0.2, -0.15) is 5.10 Å². The number of nitrogens with zero attached hydrogens (tertiary/aromatic N) is 1. The largest absolute Gasteiger partial charge is 0.488 e. The van der Waals surface area contributed by atoms with Gasteiger partial charge in [-0.15, -0.1) is 0 Å². The molecule has 1 N–H and O–H groups in total. The number of hydrazone groups is 1. The fourth-order valence-corrected chi connectivity index (χ4v) is 4.02. The van der Waals surface area contributed by atoms with Gasteiger partial charge in [-0.1, -0.05) is 80.4 Å². The first-order chi connectivity index (χ1) is 15.1. The molecule has 0 aliphatic heterocycles. The molecule has 6 heteroatoms. The van der Waals surface area contributed by atoms with Crippen LogP contribution in [0.15, 0.2) is 99.0 Å². The van der Waals surface area contributed by atoms with Gasteiger partial charge in [0.15, 0.2) is 0 Å². The van der Waals surface area contributed by atoms with Crippen LogP contribution in [0.3, 0.4) is 0 Å². The van der Waals surface area contributed by atoms with Crippen molar-refractivity contribution < 1.29 is 9.53 Å². The van der Waals surface area contributed by atoms with Crippen LogP contribution in [0.5, 0.6) is 5.75 Å². The first kappa shape index (κ1) is 21.3. The highest BCUT2D eigenvalue weighted by molar-refractivity contribution is 9.10. The molecule has 0 saturated heterocycles. The Bertz CT molecular complexity index is 1270. The van der Waals surface area contributed by atoms with Crippen molar-refractivity contribution >= 4 is 54.8 Å². The van der Waals surface area contributed by atoms with Crippen LogP contribution in [0.25, 0.3) is 10.8 Å². The molecule has 4 rings (SSSR count). The molecule has 0 aliphatic rings. The van der Waals surface area contributed by atoms with Gasteiger partial charge >= 0.3 is 0 Å². The molecule has 4 aromatic rings. The molecule has 0 fully saturated rings. The molecule has 0 unspecified atom stereocenters. The minimum absolute atomic E-state index is 0.283. The van der Waals surface area contributed by atoms with E-state index in [0.717, 1.165) is 30.8 Å². The average molecular weight is 538 g/mol. The van der Waals surface area contributed by atoms with E-state index in [1.165, 1.54) is 0 Å². The summed E-state index contributed by atoms with van der Waals surface area (Å²) in [7, 11) is 0. The molecular weight excluding hydrogens is 520 g/mol. The second-order valence-corrected chi connectivity index (χ2v) is 8.66. The first-order valence-corrected chi connectivity index (χ1v) is 11.2. The molecule has 31 heavy (non-hydrogen) atoms. The topological polar surface area (TPSA) is 50.7 Å². The Morgan fingerprint density at radius 1 is 0.903 bits per heavy atom. The van der Waals surface area contributed by atoms with Crippen LogP contribution in [-0.2, 0) is 6.61 Å². The van der Waals surface area contributed by atoms with Crippen molar-refractivity contribution in [2.24, 2.45) is 5.10 Å². The van der Waals surface area contributed by atoms with E-state index in [-0.39, 0.29) is 5.91 Å². The lowest BCUT2D eigenvalue weighted by atomic mass is 10.0. The number of ether oxygens (including phenoxy) is 1. The third-order valence-electron chi connectivity index (χ3n) is 4.66. The van der Waals surface area contributed by atoms with Crippen LogP contribution >= 0.6 is 31.9 Å². The molecule has 0 radical (unpaired) electrons. The SMILES string of the molecule is O=C(N/N=C\c1c(OCc2cccc(Br)c2)ccc2ccccc12)c1cccc(Br)c1. The monoisotopic (exact) mass is 536 g/mol. The molecule has 0 heterocycles. The van der Waals surface area contributed by atoms with Gasteiger partial charge in [0.25, 0.3) is 5.91 Å². The number of carbonyl (C=O) groups is 1. The van der Waals surface area contributed by atoms with Crippen molar-refractivity contribution in [1.29, 1.82) is 0 Å². The van der Waals surface area contributed by atoms with Gasteiger partial charge in [-0.25, -0.2) is 5.43 Å². The van der Waals surface area contributed by atoms with E-state index >= 15 is 0 Å². The predicted octanol–water partition coefficient (Wildman–Crippen LogP) is 6.71. The van der Waals surface area contributed by atoms with Gasteiger partial charge in [0.05, 0.1) is 6.21 Å². The fraction of sp³-hybridized carbons (Fsp3) is 0.0400. The lowest BCUT2D eigenvalue weighted by Gasteiger charge is -2.12. The number of hydrogen-bond acceptors (Lipinski definition) is 3. The summed E-state index contributed by atoms with van der Waals surface area (Å²) < 4.78 is 7.95. The molecular formula is C25H18Br2N2O2. The van der Waals surface area contributed by atoms with Crippen LogP contribution < -0.4 is 10.2 Å². The number of hydrogen-bond donors (Lipinski definition) is 1. The summed E-state index contributed by atoms with van der Waals surface area (Å²) in [5.74, 6) is 0.411. The van der Waals surface area contributed by atoms with E-state index in [4.69, 9.17) is 4.74 Å². The lowest BCUT2D eigenvalue weighted by molar-refractivity contribution is 0.0955. The normalized spacial score (nSPS) is 11.0. The van der Waals surface area contributed by atoms with Crippen LogP contribution in [0.4, 0.5) is 0 Å². The number of halogens is 2. The van der Waals surface area contributed by atoms with E-state index < -0.39 is 0 Å². The Morgan fingerprint density at radius 3 is 2.48 bits per heavy atom. The van der Waals surface area contributed by atoms with E-state index in [9.17, 15) is 4.79 Å². The molecule has 0 aliphatic carbocycles. The van der Waals surface area contributed by atoms with Crippen molar-refractivity contribution in [3.8, 4) is 5.75 Å². The standard InChI is InChI=1S/C25H18Br2N2O2/c26-20-8-3-5-17(13-20)16-31-24-12-11-18-6-1-2-10-22(18)23(24)15-28-29-25(30)19-7-4-9-21(27)14-19/h1-15H,16H2,(H,29,30)/b28-15-. The highest BCUT2D eigenvalue weighted by atomic mass is 79.9. The second-order valence-electron chi connectivity index (χ2n) is 6.83. The average Bonchev–Trinajstić information content (AvgIpc) is 2.78. The zero-order chi connectivity index (χ0) is 21.6. The molecule has 4 aromatic carbocycles. The maximum absolute atomic E-state index is 12.4. The van der Waals surface area contributed by atoms with Crippen LogP contribution in [-0.4, -0.2) is 12.1 Å². The van der Waals surface area contributed by atoms with Crippen molar-refractivity contribution in [2.45, 2.75) is 6.61 Å². The summed E-state index contributed by atoms with van der Waals surface area (Å²) in [5.41, 5.74) is 4.98. The maximum Gasteiger partial charge on any atom is 0.271 e. The molecule has 0 bridgehead atoms. The smallest absolute Gasteiger partial charge is 0.271 e. The zero-order valence-corrected chi connectivity index (χ0v) is 19.6. The summed E-state index contributed by atoms with van der Waals surface area (Å²) >= 11 is 6.86. The summed E-state index contributed by atoms with van der Waals surface area (Å²) in [5, 5.41) is 6.26.